The molecule has 6 heteroatoms. The Kier molecular flexibility index (Phi) is 8.40. The van der Waals surface area contributed by atoms with Crippen molar-refractivity contribution in [1.82, 2.24) is 10.6 Å². The molecule has 0 saturated carbocycles. The number of nitrogens with one attached hydrogen (secondary N) is 2. The van der Waals surface area contributed by atoms with Crippen LogP contribution in [-0.4, -0.2) is 13.0 Å². The molecule has 0 aromatic heterocycles. The third-order valence-corrected chi connectivity index (χ3v) is 3.47. The predicted octanol–water partition coefficient (Wildman–Crippen LogP) is 4.07. The van der Waals surface area contributed by atoms with E-state index in [-0.39, 0.29) is 29.8 Å². The zero-order valence-corrected chi connectivity index (χ0v) is 16.1. The Morgan fingerprint density at radius 3 is 2.50 bits per heavy atom. The maximum atomic E-state index is 13.5. The van der Waals surface area contributed by atoms with E-state index in [1.54, 1.807) is 19.2 Å². The summed E-state index contributed by atoms with van der Waals surface area (Å²) in [6.07, 6.45) is 0. The van der Waals surface area contributed by atoms with Crippen LogP contribution in [-0.2, 0) is 13.1 Å². The van der Waals surface area contributed by atoms with Crippen LogP contribution in [0.3, 0.4) is 0 Å². The first-order valence-corrected chi connectivity index (χ1v) is 7.40. The molecule has 118 valence electrons. The summed E-state index contributed by atoms with van der Waals surface area (Å²) in [6.45, 7) is 1.04. The number of rotatable bonds is 4. The van der Waals surface area contributed by atoms with Gasteiger partial charge in [0, 0.05) is 30.2 Å². The second-order valence-corrected chi connectivity index (χ2v) is 5.42. The van der Waals surface area contributed by atoms with E-state index in [4.69, 9.17) is 0 Å². The molecule has 2 N–H and O–H groups in total. The average Bonchev–Trinajstić information content (AvgIpc) is 2.49. The lowest BCUT2D eigenvalue weighted by molar-refractivity contribution is 0.604. The fraction of sp³-hybridized carbons (Fsp3) is 0.188. The van der Waals surface area contributed by atoms with Crippen LogP contribution in [0, 0.1) is 5.82 Å². The van der Waals surface area contributed by atoms with Gasteiger partial charge in [-0.2, -0.15) is 0 Å². The summed E-state index contributed by atoms with van der Waals surface area (Å²) in [5.74, 6) is 0.422. The molecule has 0 aliphatic carbocycles. The summed E-state index contributed by atoms with van der Waals surface area (Å²) in [7, 11) is 1.69. The number of nitrogens with zero attached hydrogens (tertiary/aromatic N) is 1. The van der Waals surface area contributed by atoms with E-state index in [2.05, 4.69) is 31.6 Å². The highest BCUT2D eigenvalue weighted by atomic mass is 127. The number of aliphatic imine (C=N–C) groups is 1. The molecule has 2 aromatic carbocycles. The first-order valence-electron chi connectivity index (χ1n) is 6.61. The third-order valence-electron chi connectivity index (χ3n) is 2.98. The van der Waals surface area contributed by atoms with Gasteiger partial charge in [0.15, 0.2) is 5.96 Å². The van der Waals surface area contributed by atoms with Crippen molar-refractivity contribution in [3.63, 3.8) is 0 Å². The van der Waals surface area contributed by atoms with E-state index in [1.807, 2.05) is 30.3 Å². The molecule has 0 fully saturated rings. The first-order chi connectivity index (χ1) is 10.2. The molecule has 22 heavy (non-hydrogen) atoms. The van der Waals surface area contributed by atoms with Crippen LogP contribution in [0.5, 0.6) is 0 Å². The largest absolute Gasteiger partial charge is 0.352 e. The number of guanidine groups is 1. The molecule has 0 aliphatic rings. The number of benzene rings is 2. The van der Waals surface area contributed by atoms with Gasteiger partial charge in [-0.05, 0) is 23.8 Å². The van der Waals surface area contributed by atoms with Crippen molar-refractivity contribution in [2.45, 2.75) is 13.1 Å². The van der Waals surface area contributed by atoms with Crippen molar-refractivity contribution in [1.29, 1.82) is 0 Å². The van der Waals surface area contributed by atoms with Crippen LogP contribution in [0.4, 0.5) is 4.39 Å². The lowest BCUT2D eigenvalue weighted by Crippen LogP contribution is -2.36. The van der Waals surface area contributed by atoms with Gasteiger partial charge in [0.2, 0.25) is 0 Å². The zero-order valence-electron chi connectivity index (χ0n) is 12.1. The van der Waals surface area contributed by atoms with Crippen molar-refractivity contribution in [3.8, 4) is 0 Å². The second-order valence-electron chi connectivity index (χ2n) is 4.50. The zero-order chi connectivity index (χ0) is 15.1. The highest BCUT2D eigenvalue weighted by Crippen LogP contribution is 2.11. The lowest BCUT2D eigenvalue weighted by atomic mass is 10.2. The van der Waals surface area contributed by atoms with E-state index in [9.17, 15) is 4.39 Å². The summed E-state index contributed by atoms with van der Waals surface area (Å²) in [5.41, 5.74) is 1.75. The molecule has 0 bridgehead atoms. The molecule has 3 nitrogen and oxygen atoms in total. The average molecular weight is 478 g/mol. The Bertz CT molecular complexity index is 634. The monoisotopic (exact) mass is 477 g/mol. The van der Waals surface area contributed by atoms with Crippen LogP contribution in [0.25, 0.3) is 0 Å². The van der Waals surface area contributed by atoms with Gasteiger partial charge in [-0.3, -0.25) is 4.99 Å². The molecular weight excluding hydrogens is 460 g/mol. The fourth-order valence-corrected chi connectivity index (χ4v) is 2.32. The highest BCUT2D eigenvalue weighted by molar-refractivity contribution is 14.0. The molecule has 0 saturated heterocycles. The number of hydrogen-bond donors (Lipinski definition) is 2. The van der Waals surface area contributed by atoms with Gasteiger partial charge in [-0.25, -0.2) is 4.39 Å². The Labute approximate surface area is 155 Å². The normalized spacial score (nSPS) is 10.8. The maximum absolute atomic E-state index is 13.5. The van der Waals surface area contributed by atoms with Crippen molar-refractivity contribution >= 4 is 45.9 Å². The first kappa shape index (κ1) is 18.9. The minimum absolute atomic E-state index is 0. The van der Waals surface area contributed by atoms with Crippen molar-refractivity contribution in [2.24, 2.45) is 4.99 Å². The maximum Gasteiger partial charge on any atom is 0.191 e. The van der Waals surface area contributed by atoms with Gasteiger partial charge in [-0.15, -0.1) is 24.0 Å². The fourth-order valence-electron chi connectivity index (χ4n) is 1.87. The molecule has 2 rings (SSSR count). The van der Waals surface area contributed by atoms with Gasteiger partial charge < -0.3 is 10.6 Å². The van der Waals surface area contributed by atoms with E-state index in [0.717, 1.165) is 10.0 Å². The van der Waals surface area contributed by atoms with Crippen LogP contribution >= 0.6 is 39.9 Å². The molecule has 2 aromatic rings. The van der Waals surface area contributed by atoms with Gasteiger partial charge in [0.1, 0.15) is 5.82 Å². The Morgan fingerprint density at radius 2 is 1.82 bits per heavy atom. The summed E-state index contributed by atoms with van der Waals surface area (Å²) >= 11 is 3.44. The van der Waals surface area contributed by atoms with E-state index >= 15 is 0 Å². The van der Waals surface area contributed by atoms with E-state index in [0.29, 0.717) is 24.6 Å². The predicted molar refractivity (Wildman–Crippen MR) is 103 cm³/mol. The van der Waals surface area contributed by atoms with Gasteiger partial charge in [0.05, 0.1) is 0 Å². The quantitative estimate of drug-likeness (QED) is 0.395. The molecule has 0 amide bonds. The van der Waals surface area contributed by atoms with Crippen molar-refractivity contribution < 1.29 is 4.39 Å². The lowest BCUT2D eigenvalue weighted by Gasteiger charge is -2.12. The Balaban J connectivity index is 0.00000242. The third kappa shape index (κ3) is 5.92. The molecule has 0 atom stereocenters. The number of hydrogen-bond acceptors (Lipinski definition) is 1. The second kappa shape index (κ2) is 9.78. The summed E-state index contributed by atoms with van der Waals surface area (Å²) in [4.78, 5) is 4.13. The minimum atomic E-state index is -0.215. The molecule has 0 heterocycles. The van der Waals surface area contributed by atoms with Crippen LogP contribution < -0.4 is 10.6 Å². The Morgan fingerprint density at radius 1 is 1.09 bits per heavy atom. The van der Waals surface area contributed by atoms with Crippen LogP contribution in [0.15, 0.2) is 58.0 Å². The molecule has 0 aliphatic heterocycles. The van der Waals surface area contributed by atoms with Crippen molar-refractivity contribution in [2.75, 3.05) is 7.05 Å². The topological polar surface area (TPSA) is 36.4 Å². The molecule has 0 radical (unpaired) electrons. The van der Waals surface area contributed by atoms with Crippen LogP contribution in [0.1, 0.15) is 11.1 Å². The molecule has 0 unspecified atom stereocenters. The Hall–Kier alpha value is -1.15. The summed E-state index contributed by atoms with van der Waals surface area (Å²) in [6, 6.07) is 14.7. The summed E-state index contributed by atoms with van der Waals surface area (Å²) in [5, 5.41) is 6.30. The van der Waals surface area contributed by atoms with Gasteiger partial charge in [-0.1, -0.05) is 46.3 Å². The summed E-state index contributed by atoms with van der Waals surface area (Å²) < 4.78 is 14.6. The van der Waals surface area contributed by atoms with E-state index in [1.165, 1.54) is 6.07 Å². The molecule has 0 spiro atoms. The highest BCUT2D eigenvalue weighted by Gasteiger charge is 2.02. The van der Waals surface area contributed by atoms with E-state index < -0.39 is 0 Å². The molecular formula is C16H18BrFIN3. The van der Waals surface area contributed by atoms with Crippen LogP contribution in [0.2, 0.25) is 0 Å². The SMILES string of the molecule is CN=C(NCc1cccc(Br)c1)NCc1ccccc1F.I. The minimum Gasteiger partial charge on any atom is -0.352 e. The van der Waals surface area contributed by atoms with Gasteiger partial charge >= 0.3 is 0 Å². The smallest absolute Gasteiger partial charge is 0.191 e. The van der Waals surface area contributed by atoms with Gasteiger partial charge in [0.25, 0.3) is 0 Å². The standard InChI is InChI=1S/C16H17BrFN3.HI/c1-19-16(20-10-12-5-4-7-14(17)9-12)21-11-13-6-2-3-8-15(13)18;/h2-9H,10-11H2,1H3,(H2,19,20,21);1H. The van der Waals surface area contributed by atoms with Crippen molar-refractivity contribution in [3.05, 3.63) is 69.9 Å². The number of halogens is 3.